The van der Waals surface area contributed by atoms with Crippen molar-refractivity contribution < 1.29 is 23.6 Å². The molecule has 0 bridgehead atoms. The molecule has 0 saturated carbocycles. The summed E-state index contributed by atoms with van der Waals surface area (Å²) >= 11 is 0. The molecule has 0 aliphatic carbocycles. The van der Waals surface area contributed by atoms with Crippen LogP contribution >= 0.6 is 0 Å². The molecule has 3 aliphatic heterocycles. The van der Waals surface area contributed by atoms with E-state index in [-0.39, 0.29) is 36.5 Å². The summed E-state index contributed by atoms with van der Waals surface area (Å²) in [6.45, 7) is 7.81. The van der Waals surface area contributed by atoms with E-state index >= 15 is 0 Å². The standard InChI is InChI=1S/C34H41N4O4/c1-4-5-16-38(27-10-8-15-35(3)20-27)33(39)22-37-21-29(25-12-13-31-32(18-25)42-23-41-31)24(2)30(37)14-17-36-19-26-9-6-7-11-28(26)34(36)40/h6-13,15,18,20,24,29-30H,4-5,14,16-17,19,21-23H2,1-3H3/q+1/t24-,29+,30+/m1/s1. The maximum atomic E-state index is 14.0. The molecule has 1 fully saturated rings. The number of ether oxygens (including phenoxy) is 2. The first-order chi connectivity index (χ1) is 20.4. The Hall–Kier alpha value is -3.91. The highest BCUT2D eigenvalue weighted by Crippen LogP contribution is 2.42. The number of carbonyl (C=O) groups is 2. The lowest BCUT2D eigenvalue weighted by molar-refractivity contribution is -0.670. The summed E-state index contributed by atoms with van der Waals surface area (Å²) in [4.78, 5) is 33.4. The van der Waals surface area contributed by atoms with Crippen molar-refractivity contribution in [3.63, 3.8) is 0 Å². The van der Waals surface area contributed by atoms with Crippen molar-refractivity contribution in [2.24, 2.45) is 13.0 Å². The summed E-state index contributed by atoms with van der Waals surface area (Å²) in [6.07, 6.45) is 6.78. The predicted octanol–water partition coefficient (Wildman–Crippen LogP) is 4.52. The van der Waals surface area contributed by atoms with Crippen LogP contribution in [-0.4, -0.2) is 60.6 Å². The number of rotatable bonds is 10. The van der Waals surface area contributed by atoms with E-state index in [0.29, 0.717) is 26.2 Å². The number of benzene rings is 2. The normalized spacial score (nSPS) is 21.2. The topological polar surface area (TPSA) is 66.2 Å². The molecule has 8 heteroatoms. The zero-order chi connectivity index (χ0) is 29.2. The molecular formula is C34H41N4O4+. The highest BCUT2D eigenvalue weighted by Gasteiger charge is 2.42. The summed E-state index contributed by atoms with van der Waals surface area (Å²) in [5, 5.41) is 0. The third-order valence-corrected chi connectivity index (χ3v) is 9.17. The lowest BCUT2D eigenvalue weighted by atomic mass is 9.85. The second-order valence-electron chi connectivity index (χ2n) is 11.9. The van der Waals surface area contributed by atoms with E-state index in [1.165, 1.54) is 5.56 Å². The van der Waals surface area contributed by atoms with Gasteiger partial charge in [0.2, 0.25) is 12.7 Å². The first-order valence-electron chi connectivity index (χ1n) is 15.2. The van der Waals surface area contributed by atoms with Crippen LogP contribution in [0.5, 0.6) is 11.5 Å². The van der Waals surface area contributed by atoms with Crippen molar-refractivity contribution in [2.75, 3.05) is 37.9 Å². The molecule has 4 heterocycles. The number of pyridine rings is 1. The van der Waals surface area contributed by atoms with Gasteiger partial charge < -0.3 is 19.3 Å². The van der Waals surface area contributed by atoms with E-state index in [2.05, 4.69) is 30.9 Å². The fourth-order valence-electron chi connectivity index (χ4n) is 6.82. The number of hydrogen-bond donors (Lipinski definition) is 0. The number of unbranched alkanes of at least 4 members (excludes halogenated alkanes) is 1. The van der Waals surface area contributed by atoms with Gasteiger partial charge in [0.25, 0.3) is 5.91 Å². The second kappa shape index (κ2) is 12.1. The maximum absolute atomic E-state index is 14.0. The summed E-state index contributed by atoms with van der Waals surface area (Å²) in [5.74, 6) is 2.31. The van der Waals surface area contributed by atoms with Crippen LogP contribution < -0.4 is 18.9 Å². The van der Waals surface area contributed by atoms with Gasteiger partial charge in [-0.15, -0.1) is 0 Å². The molecule has 0 unspecified atom stereocenters. The van der Waals surface area contributed by atoms with Gasteiger partial charge in [-0.2, -0.15) is 0 Å². The highest BCUT2D eigenvalue weighted by molar-refractivity contribution is 5.98. The summed E-state index contributed by atoms with van der Waals surface area (Å²) in [6, 6.07) is 18.3. The lowest BCUT2D eigenvalue weighted by Crippen LogP contribution is -2.45. The number of hydrogen-bond acceptors (Lipinski definition) is 5. The third kappa shape index (κ3) is 5.60. The minimum absolute atomic E-state index is 0.105. The molecule has 0 N–H and O–H groups in total. The Morgan fingerprint density at radius 2 is 1.93 bits per heavy atom. The Kier molecular flexibility index (Phi) is 8.16. The molecule has 0 radical (unpaired) electrons. The molecule has 42 heavy (non-hydrogen) atoms. The largest absolute Gasteiger partial charge is 0.454 e. The smallest absolute Gasteiger partial charge is 0.254 e. The van der Waals surface area contributed by atoms with Gasteiger partial charge in [-0.05, 0) is 54.2 Å². The Bertz CT molecular complexity index is 1460. The van der Waals surface area contributed by atoms with Crippen LogP contribution in [0.2, 0.25) is 0 Å². The number of aromatic nitrogens is 1. The lowest BCUT2D eigenvalue weighted by Gasteiger charge is -2.30. The van der Waals surface area contributed by atoms with Crippen LogP contribution in [0.1, 0.15) is 60.5 Å². The number of likely N-dealkylation sites (tertiary alicyclic amines) is 1. The molecule has 3 atom stereocenters. The number of nitrogens with zero attached hydrogens (tertiary/aromatic N) is 4. The van der Waals surface area contributed by atoms with Gasteiger partial charge in [-0.1, -0.05) is 44.5 Å². The number of amides is 2. The fourth-order valence-corrected chi connectivity index (χ4v) is 6.82. The average molecular weight is 570 g/mol. The van der Waals surface area contributed by atoms with Crippen molar-refractivity contribution in [1.82, 2.24) is 9.80 Å². The van der Waals surface area contributed by atoms with Gasteiger partial charge in [0.15, 0.2) is 23.9 Å². The molecule has 1 saturated heterocycles. The SMILES string of the molecule is CCCCN(C(=O)CN1C[C@H](c2ccc3c(c2)OCO3)[C@@H](C)[C@@H]1CCN1Cc2ccccc2C1=O)c1ccc[n+](C)c1. The zero-order valence-electron chi connectivity index (χ0n) is 24.9. The van der Waals surface area contributed by atoms with Crippen molar-refractivity contribution in [1.29, 1.82) is 0 Å². The molecule has 3 aliphatic rings. The fraction of sp³-hybridized carbons (Fsp3) is 0.441. The van der Waals surface area contributed by atoms with Crippen LogP contribution in [0.3, 0.4) is 0 Å². The summed E-state index contributed by atoms with van der Waals surface area (Å²) < 4.78 is 13.2. The van der Waals surface area contributed by atoms with Crippen molar-refractivity contribution >= 4 is 17.5 Å². The second-order valence-corrected chi connectivity index (χ2v) is 11.9. The maximum Gasteiger partial charge on any atom is 0.254 e. The minimum atomic E-state index is 0.105. The number of fused-ring (bicyclic) bond motifs is 2. The minimum Gasteiger partial charge on any atom is -0.454 e. The summed E-state index contributed by atoms with van der Waals surface area (Å²) in [5.41, 5.74) is 4.03. The molecule has 3 aromatic rings. The van der Waals surface area contributed by atoms with Gasteiger partial charge in [0, 0.05) is 49.8 Å². The molecular weight excluding hydrogens is 528 g/mol. The monoisotopic (exact) mass is 569 g/mol. The van der Waals surface area contributed by atoms with E-state index < -0.39 is 0 Å². The van der Waals surface area contributed by atoms with Crippen molar-refractivity contribution in [3.05, 3.63) is 83.7 Å². The Labute approximate surface area is 248 Å². The van der Waals surface area contributed by atoms with Crippen molar-refractivity contribution in [2.45, 2.75) is 51.6 Å². The quantitative estimate of drug-likeness (QED) is 0.336. The van der Waals surface area contributed by atoms with Gasteiger partial charge in [0.05, 0.1) is 6.54 Å². The van der Waals surface area contributed by atoms with E-state index in [1.807, 2.05) is 76.3 Å². The molecule has 1 aromatic heterocycles. The van der Waals surface area contributed by atoms with Gasteiger partial charge in [-0.25, -0.2) is 4.57 Å². The van der Waals surface area contributed by atoms with Gasteiger partial charge in [-0.3, -0.25) is 14.5 Å². The predicted molar refractivity (Wildman–Crippen MR) is 161 cm³/mol. The molecule has 220 valence electrons. The van der Waals surface area contributed by atoms with E-state index in [4.69, 9.17) is 9.47 Å². The number of aryl methyl sites for hydroxylation is 1. The zero-order valence-corrected chi connectivity index (χ0v) is 24.9. The van der Waals surface area contributed by atoms with Gasteiger partial charge in [0.1, 0.15) is 12.7 Å². The first-order valence-corrected chi connectivity index (χ1v) is 15.2. The number of anilines is 1. The van der Waals surface area contributed by atoms with Crippen LogP contribution in [0.4, 0.5) is 5.69 Å². The van der Waals surface area contributed by atoms with Crippen LogP contribution in [0, 0.1) is 5.92 Å². The number of carbonyl (C=O) groups excluding carboxylic acids is 2. The van der Waals surface area contributed by atoms with E-state index in [1.54, 1.807) is 0 Å². The third-order valence-electron chi connectivity index (χ3n) is 9.17. The molecule has 2 amide bonds. The first kappa shape index (κ1) is 28.2. The van der Waals surface area contributed by atoms with Crippen LogP contribution in [0.15, 0.2) is 67.0 Å². The van der Waals surface area contributed by atoms with E-state index in [0.717, 1.165) is 54.1 Å². The van der Waals surface area contributed by atoms with Crippen LogP contribution in [-0.2, 0) is 18.4 Å². The molecule has 8 nitrogen and oxygen atoms in total. The molecule has 6 rings (SSSR count). The van der Waals surface area contributed by atoms with Gasteiger partial charge >= 0.3 is 0 Å². The van der Waals surface area contributed by atoms with Crippen molar-refractivity contribution in [3.8, 4) is 11.5 Å². The van der Waals surface area contributed by atoms with E-state index in [9.17, 15) is 9.59 Å². The summed E-state index contributed by atoms with van der Waals surface area (Å²) in [7, 11) is 1.98. The molecule has 2 aromatic carbocycles. The Morgan fingerprint density at radius 3 is 2.74 bits per heavy atom. The Morgan fingerprint density at radius 1 is 1.10 bits per heavy atom. The highest BCUT2D eigenvalue weighted by atomic mass is 16.7. The Balaban J connectivity index is 1.23. The average Bonchev–Trinajstić information content (AvgIpc) is 3.67. The van der Waals surface area contributed by atoms with Crippen LogP contribution in [0.25, 0.3) is 0 Å². The molecule has 0 spiro atoms.